The lowest BCUT2D eigenvalue weighted by Crippen LogP contribution is -2.17. The summed E-state index contributed by atoms with van der Waals surface area (Å²) in [5.74, 6) is -1.40. The van der Waals surface area contributed by atoms with Crippen molar-refractivity contribution in [3.63, 3.8) is 0 Å². The Bertz CT molecular complexity index is 716. The van der Waals surface area contributed by atoms with E-state index in [4.69, 9.17) is 5.26 Å². The highest BCUT2D eigenvalue weighted by Crippen LogP contribution is 2.28. The molecular weight excluding hydrogens is 274 g/mol. The number of carboxylic acid groups (broad SMARTS) is 1. The van der Waals surface area contributed by atoms with Gasteiger partial charge < -0.3 is 5.11 Å². The number of rotatable bonds is 4. The van der Waals surface area contributed by atoms with Gasteiger partial charge in [-0.15, -0.1) is 0 Å². The third-order valence-corrected chi connectivity index (χ3v) is 3.91. The van der Waals surface area contributed by atoms with Crippen LogP contribution in [0.5, 0.6) is 0 Å². The SMILES string of the molecule is Cc1cc(C)c(C(Cc2ccc(C#N)cc2)C(=O)O)c(C)c1. The molecule has 0 aliphatic rings. The molecule has 0 saturated heterocycles. The number of hydrogen-bond donors (Lipinski definition) is 1. The molecule has 3 nitrogen and oxygen atoms in total. The minimum absolute atomic E-state index is 0.422. The number of carbonyl (C=O) groups is 1. The molecule has 0 radical (unpaired) electrons. The van der Waals surface area contributed by atoms with Crippen molar-refractivity contribution in [2.75, 3.05) is 0 Å². The van der Waals surface area contributed by atoms with Crippen LogP contribution < -0.4 is 0 Å². The van der Waals surface area contributed by atoms with Gasteiger partial charge in [0.05, 0.1) is 17.6 Å². The van der Waals surface area contributed by atoms with Crippen molar-refractivity contribution in [3.05, 3.63) is 69.8 Å². The topological polar surface area (TPSA) is 61.1 Å². The van der Waals surface area contributed by atoms with Crippen molar-refractivity contribution in [1.82, 2.24) is 0 Å². The van der Waals surface area contributed by atoms with E-state index < -0.39 is 11.9 Å². The number of nitrogens with zero attached hydrogens (tertiary/aromatic N) is 1. The first kappa shape index (κ1) is 15.8. The molecule has 0 aliphatic heterocycles. The third-order valence-electron chi connectivity index (χ3n) is 3.91. The molecule has 1 unspecified atom stereocenters. The molecular formula is C19H19NO2. The van der Waals surface area contributed by atoms with E-state index in [1.54, 1.807) is 12.1 Å². The first-order chi connectivity index (χ1) is 10.4. The van der Waals surface area contributed by atoms with Crippen LogP contribution in [0.1, 0.15) is 39.3 Å². The predicted molar refractivity (Wildman–Crippen MR) is 85.9 cm³/mol. The average Bonchev–Trinajstić information content (AvgIpc) is 2.45. The van der Waals surface area contributed by atoms with E-state index in [1.165, 1.54) is 0 Å². The zero-order chi connectivity index (χ0) is 16.3. The van der Waals surface area contributed by atoms with Gasteiger partial charge in [0.15, 0.2) is 0 Å². The smallest absolute Gasteiger partial charge is 0.311 e. The van der Waals surface area contributed by atoms with E-state index in [9.17, 15) is 9.90 Å². The maximum absolute atomic E-state index is 11.8. The standard InChI is InChI=1S/C19H19NO2/c1-12-8-13(2)18(14(3)9-12)17(19(21)22)10-15-4-6-16(11-20)7-5-15/h4-9,17H,10H2,1-3H3,(H,21,22). The second-order valence-electron chi connectivity index (χ2n) is 5.72. The number of benzene rings is 2. The number of aliphatic carboxylic acids is 1. The van der Waals surface area contributed by atoms with Crippen LogP contribution >= 0.6 is 0 Å². The average molecular weight is 293 g/mol. The minimum atomic E-state index is -0.820. The molecule has 112 valence electrons. The second-order valence-corrected chi connectivity index (χ2v) is 5.72. The number of nitriles is 1. The molecule has 0 aliphatic carbocycles. The van der Waals surface area contributed by atoms with Gasteiger partial charge in [0.2, 0.25) is 0 Å². The van der Waals surface area contributed by atoms with Gasteiger partial charge in [-0.1, -0.05) is 29.8 Å². The van der Waals surface area contributed by atoms with Gasteiger partial charge in [-0.05, 0) is 61.6 Å². The number of hydrogen-bond acceptors (Lipinski definition) is 2. The fourth-order valence-electron chi connectivity index (χ4n) is 3.00. The van der Waals surface area contributed by atoms with Crippen LogP contribution in [0, 0.1) is 32.1 Å². The van der Waals surface area contributed by atoms with E-state index >= 15 is 0 Å². The fraction of sp³-hybridized carbons (Fsp3) is 0.263. The Hall–Kier alpha value is -2.60. The van der Waals surface area contributed by atoms with Crippen molar-refractivity contribution in [2.24, 2.45) is 0 Å². The highest BCUT2D eigenvalue weighted by molar-refractivity contribution is 5.78. The molecule has 2 rings (SSSR count). The molecule has 2 aromatic rings. The van der Waals surface area contributed by atoms with Crippen LogP contribution in [0.3, 0.4) is 0 Å². The Morgan fingerprint density at radius 2 is 1.68 bits per heavy atom. The molecule has 1 N–H and O–H groups in total. The van der Waals surface area contributed by atoms with Crippen molar-refractivity contribution >= 4 is 5.97 Å². The van der Waals surface area contributed by atoms with Gasteiger partial charge in [0, 0.05) is 0 Å². The highest BCUT2D eigenvalue weighted by Gasteiger charge is 2.24. The lowest BCUT2D eigenvalue weighted by atomic mass is 9.85. The first-order valence-corrected chi connectivity index (χ1v) is 7.22. The van der Waals surface area contributed by atoms with E-state index in [0.29, 0.717) is 12.0 Å². The van der Waals surface area contributed by atoms with E-state index in [0.717, 1.165) is 27.8 Å². The van der Waals surface area contributed by atoms with Crippen molar-refractivity contribution < 1.29 is 9.90 Å². The van der Waals surface area contributed by atoms with Crippen molar-refractivity contribution in [2.45, 2.75) is 33.1 Å². The predicted octanol–water partition coefficient (Wildman–Crippen LogP) is 3.89. The van der Waals surface area contributed by atoms with Gasteiger partial charge in [0.25, 0.3) is 0 Å². The Morgan fingerprint density at radius 1 is 1.14 bits per heavy atom. The summed E-state index contributed by atoms with van der Waals surface area (Å²) in [5.41, 5.74) is 5.56. The normalized spacial score (nSPS) is 11.7. The summed E-state index contributed by atoms with van der Waals surface area (Å²) < 4.78 is 0. The third kappa shape index (κ3) is 3.35. The number of carboxylic acids is 1. The van der Waals surface area contributed by atoms with Crippen LogP contribution in [0.15, 0.2) is 36.4 Å². The lowest BCUT2D eigenvalue weighted by Gasteiger charge is -2.19. The number of aryl methyl sites for hydroxylation is 3. The highest BCUT2D eigenvalue weighted by atomic mass is 16.4. The summed E-state index contributed by atoms with van der Waals surface area (Å²) in [6.45, 7) is 5.94. The molecule has 0 aromatic heterocycles. The summed E-state index contributed by atoms with van der Waals surface area (Å²) in [4.78, 5) is 11.8. The maximum Gasteiger partial charge on any atom is 0.311 e. The van der Waals surface area contributed by atoms with E-state index in [1.807, 2.05) is 45.0 Å². The summed E-state index contributed by atoms with van der Waals surface area (Å²) in [7, 11) is 0. The summed E-state index contributed by atoms with van der Waals surface area (Å²) in [6.07, 6.45) is 0.422. The summed E-state index contributed by atoms with van der Waals surface area (Å²) >= 11 is 0. The molecule has 0 spiro atoms. The Kier molecular flexibility index (Phi) is 4.62. The van der Waals surface area contributed by atoms with Crippen LogP contribution in [0.25, 0.3) is 0 Å². The quantitative estimate of drug-likeness (QED) is 0.930. The molecule has 22 heavy (non-hydrogen) atoms. The molecule has 0 heterocycles. The van der Waals surface area contributed by atoms with E-state index in [2.05, 4.69) is 6.07 Å². The maximum atomic E-state index is 11.8. The van der Waals surface area contributed by atoms with Crippen LogP contribution in [0.2, 0.25) is 0 Å². The molecule has 2 aromatic carbocycles. The van der Waals surface area contributed by atoms with Crippen LogP contribution in [-0.4, -0.2) is 11.1 Å². The van der Waals surface area contributed by atoms with Crippen LogP contribution in [0.4, 0.5) is 0 Å². The van der Waals surface area contributed by atoms with Crippen molar-refractivity contribution in [3.8, 4) is 6.07 Å². The Labute approximate surface area is 130 Å². The van der Waals surface area contributed by atoms with Gasteiger partial charge >= 0.3 is 5.97 Å². The Morgan fingerprint density at radius 3 is 2.14 bits per heavy atom. The molecule has 0 fully saturated rings. The zero-order valence-electron chi connectivity index (χ0n) is 13.1. The molecule has 0 saturated carbocycles. The second kappa shape index (κ2) is 6.44. The Balaban J connectivity index is 2.39. The molecule has 1 atom stereocenters. The largest absolute Gasteiger partial charge is 0.481 e. The monoisotopic (exact) mass is 293 g/mol. The zero-order valence-corrected chi connectivity index (χ0v) is 13.1. The van der Waals surface area contributed by atoms with Crippen LogP contribution in [-0.2, 0) is 11.2 Å². The first-order valence-electron chi connectivity index (χ1n) is 7.22. The van der Waals surface area contributed by atoms with Gasteiger partial charge in [-0.3, -0.25) is 4.79 Å². The molecule has 0 bridgehead atoms. The van der Waals surface area contributed by atoms with Gasteiger partial charge in [-0.2, -0.15) is 5.26 Å². The minimum Gasteiger partial charge on any atom is -0.481 e. The van der Waals surface area contributed by atoms with E-state index in [-0.39, 0.29) is 0 Å². The lowest BCUT2D eigenvalue weighted by molar-refractivity contribution is -0.138. The van der Waals surface area contributed by atoms with Crippen molar-refractivity contribution in [1.29, 1.82) is 5.26 Å². The molecule has 0 amide bonds. The summed E-state index contributed by atoms with van der Waals surface area (Å²) in [6, 6.07) is 13.2. The summed E-state index contributed by atoms with van der Waals surface area (Å²) in [5, 5.41) is 18.5. The van der Waals surface area contributed by atoms with Gasteiger partial charge in [-0.25, -0.2) is 0 Å². The fourth-order valence-corrected chi connectivity index (χ4v) is 3.00. The van der Waals surface area contributed by atoms with Gasteiger partial charge in [0.1, 0.15) is 0 Å². The molecule has 3 heteroatoms.